The Labute approximate surface area is 81.6 Å². The third kappa shape index (κ3) is 3.16. The highest BCUT2D eigenvalue weighted by molar-refractivity contribution is 5.33. The SMILES string of the molecule is CC(C)(C)CNc1[nH]c(=O)ncc1F. The predicted octanol–water partition coefficient (Wildman–Crippen LogP) is 1.37. The number of hydrogen-bond donors (Lipinski definition) is 2. The van der Waals surface area contributed by atoms with Crippen LogP contribution in [0.1, 0.15) is 20.8 Å². The first-order valence-electron chi connectivity index (χ1n) is 4.37. The molecule has 0 fully saturated rings. The predicted molar refractivity (Wildman–Crippen MR) is 52.8 cm³/mol. The first kappa shape index (κ1) is 10.7. The van der Waals surface area contributed by atoms with Crippen molar-refractivity contribution < 1.29 is 4.39 Å². The molecule has 0 radical (unpaired) electrons. The molecule has 0 aliphatic carbocycles. The van der Waals surface area contributed by atoms with Gasteiger partial charge in [0.05, 0.1) is 6.20 Å². The Bertz CT molecular complexity index is 367. The van der Waals surface area contributed by atoms with Crippen LogP contribution in [0.5, 0.6) is 0 Å². The normalized spacial score (nSPS) is 11.4. The van der Waals surface area contributed by atoms with Crippen LogP contribution in [0.15, 0.2) is 11.0 Å². The maximum absolute atomic E-state index is 13.0. The smallest absolute Gasteiger partial charge is 0.346 e. The highest BCUT2D eigenvalue weighted by Gasteiger charge is 2.11. The van der Waals surface area contributed by atoms with E-state index in [1.165, 1.54) is 0 Å². The van der Waals surface area contributed by atoms with Gasteiger partial charge in [-0.1, -0.05) is 20.8 Å². The molecule has 0 spiro atoms. The number of rotatable bonds is 2. The molecule has 0 saturated carbocycles. The van der Waals surface area contributed by atoms with E-state index < -0.39 is 11.5 Å². The molecule has 0 unspecified atom stereocenters. The summed E-state index contributed by atoms with van der Waals surface area (Å²) in [5.41, 5.74) is -0.533. The second kappa shape index (κ2) is 3.77. The molecule has 0 bridgehead atoms. The highest BCUT2D eigenvalue weighted by atomic mass is 19.1. The molecule has 0 amide bonds. The Morgan fingerprint density at radius 2 is 2.21 bits per heavy atom. The van der Waals surface area contributed by atoms with Crippen LogP contribution >= 0.6 is 0 Å². The van der Waals surface area contributed by atoms with Gasteiger partial charge >= 0.3 is 5.69 Å². The van der Waals surface area contributed by atoms with Crippen LogP contribution in [0.3, 0.4) is 0 Å². The molecular formula is C9H14FN3O. The summed E-state index contributed by atoms with van der Waals surface area (Å²) in [5.74, 6) is -0.450. The number of hydrogen-bond acceptors (Lipinski definition) is 3. The minimum Gasteiger partial charge on any atom is -0.369 e. The average molecular weight is 199 g/mol. The first-order chi connectivity index (χ1) is 6.38. The van der Waals surface area contributed by atoms with Crippen molar-refractivity contribution in [1.82, 2.24) is 9.97 Å². The van der Waals surface area contributed by atoms with Gasteiger partial charge in [-0.15, -0.1) is 0 Å². The minimum atomic E-state index is -0.553. The number of nitrogens with zero attached hydrogens (tertiary/aromatic N) is 1. The molecule has 0 aromatic carbocycles. The maximum Gasteiger partial charge on any atom is 0.346 e. The molecule has 78 valence electrons. The van der Waals surface area contributed by atoms with Crippen LogP contribution in [0, 0.1) is 11.2 Å². The van der Waals surface area contributed by atoms with Crippen LogP contribution in [-0.4, -0.2) is 16.5 Å². The molecular weight excluding hydrogens is 185 g/mol. The van der Waals surface area contributed by atoms with Gasteiger partial charge in [0.1, 0.15) is 5.82 Å². The van der Waals surface area contributed by atoms with E-state index in [0.717, 1.165) is 6.20 Å². The van der Waals surface area contributed by atoms with Gasteiger partial charge in [-0.25, -0.2) is 9.18 Å². The number of aromatic nitrogens is 2. The van der Waals surface area contributed by atoms with Gasteiger partial charge in [-0.05, 0) is 5.41 Å². The van der Waals surface area contributed by atoms with Gasteiger partial charge in [0, 0.05) is 6.54 Å². The Morgan fingerprint density at radius 1 is 1.57 bits per heavy atom. The van der Waals surface area contributed by atoms with Crippen molar-refractivity contribution in [3.05, 3.63) is 22.5 Å². The fraction of sp³-hybridized carbons (Fsp3) is 0.556. The lowest BCUT2D eigenvalue weighted by molar-refractivity contribution is 0.441. The fourth-order valence-electron chi connectivity index (χ4n) is 0.861. The molecule has 2 N–H and O–H groups in total. The van der Waals surface area contributed by atoms with Crippen LogP contribution < -0.4 is 11.0 Å². The van der Waals surface area contributed by atoms with Crippen molar-refractivity contribution in [2.75, 3.05) is 11.9 Å². The second-order valence-corrected chi connectivity index (χ2v) is 4.33. The van der Waals surface area contributed by atoms with Gasteiger partial charge in [-0.2, -0.15) is 4.98 Å². The molecule has 1 aromatic rings. The summed E-state index contributed by atoms with van der Waals surface area (Å²) in [6.45, 7) is 6.61. The van der Waals surface area contributed by atoms with E-state index in [2.05, 4.69) is 15.3 Å². The average Bonchev–Trinajstić information content (AvgIpc) is 2.05. The van der Waals surface area contributed by atoms with Crippen LogP contribution in [0.25, 0.3) is 0 Å². The minimum absolute atomic E-state index is 0.0204. The summed E-state index contributed by atoms with van der Waals surface area (Å²) in [6, 6.07) is 0. The summed E-state index contributed by atoms with van der Waals surface area (Å²) in [5, 5.41) is 2.82. The quantitative estimate of drug-likeness (QED) is 0.756. The fourth-order valence-corrected chi connectivity index (χ4v) is 0.861. The number of nitrogens with one attached hydrogen (secondary N) is 2. The molecule has 0 saturated heterocycles. The summed E-state index contributed by atoms with van der Waals surface area (Å²) in [7, 11) is 0. The van der Waals surface area contributed by atoms with Gasteiger partial charge in [0.15, 0.2) is 5.82 Å². The molecule has 5 heteroatoms. The van der Waals surface area contributed by atoms with Crippen molar-refractivity contribution in [3.8, 4) is 0 Å². The zero-order chi connectivity index (χ0) is 10.8. The van der Waals surface area contributed by atoms with E-state index in [1.807, 2.05) is 20.8 Å². The molecule has 1 rings (SSSR count). The number of anilines is 1. The zero-order valence-electron chi connectivity index (χ0n) is 8.52. The summed E-state index contributed by atoms with van der Waals surface area (Å²) < 4.78 is 13.0. The van der Waals surface area contributed by atoms with Gasteiger partial charge < -0.3 is 5.32 Å². The van der Waals surface area contributed by atoms with Crippen molar-refractivity contribution in [2.45, 2.75) is 20.8 Å². The Hall–Kier alpha value is -1.39. The van der Waals surface area contributed by atoms with Crippen molar-refractivity contribution in [2.24, 2.45) is 5.41 Å². The van der Waals surface area contributed by atoms with Crippen LogP contribution in [0.2, 0.25) is 0 Å². The summed E-state index contributed by atoms with van der Waals surface area (Å²) >= 11 is 0. The van der Waals surface area contributed by atoms with Crippen molar-refractivity contribution in [1.29, 1.82) is 0 Å². The monoisotopic (exact) mass is 199 g/mol. The zero-order valence-corrected chi connectivity index (χ0v) is 8.52. The van der Waals surface area contributed by atoms with Crippen molar-refractivity contribution in [3.63, 3.8) is 0 Å². The van der Waals surface area contributed by atoms with E-state index in [0.29, 0.717) is 6.54 Å². The standard InChI is InChI=1S/C9H14FN3O/c1-9(2,3)5-12-7-6(10)4-11-8(14)13-7/h4H,5H2,1-3H3,(H2,11,12,13,14). The molecule has 1 heterocycles. The highest BCUT2D eigenvalue weighted by Crippen LogP contribution is 2.14. The second-order valence-electron chi connectivity index (χ2n) is 4.33. The summed E-state index contributed by atoms with van der Waals surface area (Å²) in [6.07, 6.45) is 0.907. The number of H-pyrrole nitrogens is 1. The summed E-state index contributed by atoms with van der Waals surface area (Å²) in [4.78, 5) is 16.3. The number of aromatic amines is 1. The van der Waals surface area contributed by atoms with Gasteiger partial charge in [-0.3, -0.25) is 4.98 Å². The third-order valence-corrected chi connectivity index (χ3v) is 1.56. The lowest BCUT2D eigenvalue weighted by atomic mass is 9.97. The maximum atomic E-state index is 13.0. The van der Waals surface area contributed by atoms with Crippen LogP contribution in [-0.2, 0) is 0 Å². The number of halogens is 1. The Kier molecular flexibility index (Phi) is 2.88. The van der Waals surface area contributed by atoms with E-state index in [1.54, 1.807) is 0 Å². The molecule has 0 atom stereocenters. The molecule has 14 heavy (non-hydrogen) atoms. The Balaban J connectivity index is 2.77. The largest absolute Gasteiger partial charge is 0.369 e. The van der Waals surface area contributed by atoms with Gasteiger partial charge in [0.2, 0.25) is 0 Å². The topological polar surface area (TPSA) is 57.8 Å². The lowest BCUT2D eigenvalue weighted by Crippen LogP contribution is -2.22. The van der Waals surface area contributed by atoms with E-state index in [4.69, 9.17) is 0 Å². The van der Waals surface area contributed by atoms with Gasteiger partial charge in [0.25, 0.3) is 0 Å². The van der Waals surface area contributed by atoms with Crippen LogP contribution in [0.4, 0.5) is 10.2 Å². The third-order valence-electron chi connectivity index (χ3n) is 1.56. The molecule has 4 nitrogen and oxygen atoms in total. The van der Waals surface area contributed by atoms with E-state index >= 15 is 0 Å². The molecule has 0 aliphatic heterocycles. The first-order valence-corrected chi connectivity index (χ1v) is 4.37. The lowest BCUT2D eigenvalue weighted by Gasteiger charge is -2.19. The Morgan fingerprint density at radius 3 is 2.79 bits per heavy atom. The molecule has 0 aliphatic rings. The van der Waals surface area contributed by atoms with E-state index in [-0.39, 0.29) is 11.2 Å². The van der Waals surface area contributed by atoms with E-state index in [9.17, 15) is 9.18 Å². The molecule has 1 aromatic heterocycles. The van der Waals surface area contributed by atoms with Crippen molar-refractivity contribution >= 4 is 5.82 Å².